The van der Waals surface area contributed by atoms with E-state index in [9.17, 15) is 13.2 Å². The number of nitrogens with zero attached hydrogens (tertiary/aromatic N) is 3. The van der Waals surface area contributed by atoms with Crippen LogP contribution in [0.5, 0.6) is 0 Å². The van der Waals surface area contributed by atoms with Crippen LogP contribution in [0.1, 0.15) is 27.0 Å². The molecule has 2 aliphatic heterocycles. The molecular weight excluding hydrogens is 446 g/mol. The van der Waals surface area contributed by atoms with Gasteiger partial charge in [-0.2, -0.15) is 4.31 Å². The number of anilines is 1. The van der Waals surface area contributed by atoms with Crippen molar-refractivity contribution in [2.45, 2.75) is 24.8 Å². The van der Waals surface area contributed by atoms with Crippen LogP contribution in [0.3, 0.4) is 0 Å². The lowest BCUT2D eigenvalue weighted by Gasteiger charge is -2.34. The van der Waals surface area contributed by atoms with Gasteiger partial charge in [0.2, 0.25) is 10.0 Å². The highest BCUT2D eigenvalue weighted by atomic mass is 32.2. The first kappa shape index (κ1) is 22.8. The van der Waals surface area contributed by atoms with Crippen molar-refractivity contribution in [2.24, 2.45) is 0 Å². The molecule has 0 spiro atoms. The highest BCUT2D eigenvalue weighted by Crippen LogP contribution is 2.29. The maximum absolute atomic E-state index is 13.0. The van der Waals surface area contributed by atoms with Gasteiger partial charge in [0.1, 0.15) is 0 Å². The summed E-state index contributed by atoms with van der Waals surface area (Å²) in [6.07, 6.45) is 0.894. The SMILES string of the molecule is Cc1ccc(S(=O)(=O)N2CCN(Cc3ccc(C(=O)N4CCc5ccccc54)cc3)CC2)cc1. The molecule has 0 aliphatic carbocycles. The van der Waals surface area contributed by atoms with E-state index >= 15 is 0 Å². The lowest BCUT2D eigenvalue weighted by molar-refractivity contribution is 0.0989. The van der Waals surface area contributed by atoms with E-state index in [1.54, 1.807) is 16.4 Å². The van der Waals surface area contributed by atoms with E-state index in [-0.39, 0.29) is 5.91 Å². The molecule has 0 N–H and O–H groups in total. The maximum Gasteiger partial charge on any atom is 0.258 e. The predicted octanol–water partition coefficient (Wildman–Crippen LogP) is 3.70. The number of para-hydroxylation sites is 1. The molecule has 1 fully saturated rings. The molecule has 1 amide bonds. The summed E-state index contributed by atoms with van der Waals surface area (Å²) in [6.45, 7) is 5.70. The Morgan fingerprint density at radius 3 is 2.21 bits per heavy atom. The summed E-state index contributed by atoms with van der Waals surface area (Å²) in [7, 11) is -3.46. The number of sulfonamides is 1. The Kier molecular flexibility index (Phi) is 6.25. The fourth-order valence-corrected chi connectivity index (χ4v) is 6.13. The highest BCUT2D eigenvalue weighted by molar-refractivity contribution is 7.89. The summed E-state index contributed by atoms with van der Waals surface area (Å²) < 4.78 is 27.4. The average molecular weight is 476 g/mol. The predicted molar refractivity (Wildman–Crippen MR) is 133 cm³/mol. The van der Waals surface area contributed by atoms with Gasteiger partial charge in [0.25, 0.3) is 5.91 Å². The maximum atomic E-state index is 13.0. The summed E-state index contributed by atoms with van der Waals surface area (Å²) in [6, 6.07) is 22.9. The van der Waals surface area contributed by atoms with E-state index in [1.807, 2.05) is 66.4 Å². The summed E-state index contributed by atoms with van der Waals surface area (Å²) in [5, 5.41) is 0. The zero-order valence-corrected chi connectivity index (χ0v) is 20.2. The number of piperazine rings is 1. The Morgan fingerprint density at radius 2 is 1.50 bits per heavy atom. The number of benzene rings is 3. The average Bonchev–Trinajstić information content (AvgIpc) is 3.29. The van der Waals surface area contributed by atoms with Crippen molar-refractivity contribution in [3.8, 4) is 0 Å². The largest absolute Gasteiger partial charge is 0.308 e. The van der Waals surface area contributed by atoms with Crippen LogP contribution < -0.4 is 4.90 Å². The van der Waals surface area contributed by atoms with Crippen molar-refractivity contribution in [2.75, 3.05) is 37.6 Å². The molecule has 7 heteroatoms. The zero-order valence-electron chi connectivity index (χ0n) is 19.4. The first-order valence-electron chi connectivity index (χ1n) is 11.7. The van der Waals surface area contributed by atoms with Crippen molar-refractivity contribution >= 4 is 21.6 Å². The van der Waals surface area contributed by atoms with E-state index in [0.717, 1.165) is 36.3 Å². The molecule has 176 valence electrons. The molecule has 0 saturated carbocycles. The standard InChI is InChI=1S/C27H29N3O3S/c1-21-6-12-25(13-7-21)34(32,33)29-18-16-28(17-19-29)20-22-8-10-24(11-9-22)27(31)30-15-14-23-4-2-3-5-26(23)30/h2-13H,14-20H2,1H3. The third kappa shape index (κ3) is 4.51. The first-order chi connectivity index (χ1) is 16.4. The van der Waals surface area contributed by atoms with E-state index in [1.165, 1.54) is 5.56 Å². The smallest absolute Gasteiger partial charge is 0.258 e. The number of hydrogen-bond donors (Lipinski definition) is 0. The van der Waals surface area contributed by atoms with Gasteiger partial charge >= 0.3 is 0 Å². The molecule has 2 heterocycles. The monoisotopic (exact) mass is 475 g/mol. The second-order valence-corrected chi connectivity index (χ2v) is 11.0. The van der Waals surface area contributed by atoms with Crippen molar-refractivity contribution in [1.82, 2.24) is 9.21 Å². The molecule has 0 atom stereocenters. The second-order valence-electron chi connectivity index (χ2n) is 9.03. The third-order valence-corrected chi connectivity index (χ3v) is 8.64. The molecule has 3 aromatic carbocycles. The number of fused-ring (bicyclic) bond motifs is 1. The Labute approximate surface area is 201 Å². The second kappa shape index (κ2) is 9.33. The van der Waals surface area contributed by atoms with E-state index in [2.05, 4.69) is 11.0 Å². The number of carbonyl (C=O) groups excluding carboxylic acids is 1. The topological polar surface area (TPSA) is 60.9 Å². The van der Waals surface area contributed by atoms with E-state index in [0.29, 0.717) is 36.6 Å². The number of rotatable bonds is 5. The molecule has 2 aliphatic rings. The minimum atomic E-state index is -3.46. The normalized spacial score (nSPS) is 17.0. The number of hydrogen-bond acceptors (Lipinski definition) is 4. The van der Waals surface area contributed by atoms with Gasteiger partial charge in [0.15, 0.2) is 0 Å². The Bertz CT molecular complexity index is 1280. The summed E-state index contributed by atoms with van der Waals surface area (Å²) in [5.41, 5.74) is 5.08. The van der Waals surface area contributed by atoms with Crippen LogP contribution in [-0.2, 0) is 23.0 Å². The quantitative estimate of drug-likeness (QED) is 0.565. The van der Waals surface area contributed by atoms with Crippen LogP contribution in [0.2, 0.25) is 0 Å². The number of amides is 1. The summed E-state index contributed by atoms with van der Waals surface area (Å²) >= 11 is 0. The minimum absolute atomic E-state index is 0.0337. The van der Waals surface area contributed by atoms with Gasteiger partial charge in [-0.1, -0.05) is 48.0 Å². The number of aryl methyl sites for hydroxylation is 1. The van der Waals surface area contributed by atoms with E-state index in [4.69, 9.17) is 0 Å². The Balaban J connectivity index is 1.18. The van der Waals surface area contributed by atoms with Gasteiger partial charge in [-0.25, -0.2) is 8.42 Å². The van der Waals surface area contributed by atoms with Crippen molar-refractivity contribution in [1.29, 1.82) is 0 Å². The molecule has 0 radical (unpaired) electrons. The van der Waals surface area contributed by atoms with Crippen LogP contribution in [0.25, 0.3) is 0 Å². The molecular formula is C27H29N3O3S. The van der Waals surface area contributed by atoms with Crippen LogP contribution >= 0.6 is 0 Å². The molecule has 0 unspecified atom stereocenters. The van der Waals surface area contributed by atoms with E-state index < -0.39 is 10.0 Å². The fourth-order valence-electron chi connectivity index (χ4n) is 4.70. The molecule has 34 heavy (non-hydrogen) atoms. The molecule has 1 saturated heterocycles. The molecule has 0 aromatic heterocycles. The molecule has 6 nitrogen and oxygen atoms in total. The zero-order chi connectivity index (χ0) is 23.7. The minimum Gasteiger partial charge on any atom is -0.308 e. The summed E-state index contributed by atoms with van der Waals surface area (Å²) in [5.74, 6) is 0.0337. The molecule has 3 aromatic rings. The molecule has 5 rings (SSSR count). The van der Waals surface area contributed by atoms with Crippen LogP contribution in [0.4, 0.5) is 5.69 Å². The van der Waals surface area contributed by atoms with Crippen molar-refractivity contribution < 1.29 is 13.2 Å². The van der Waals surface area contributed by atoms with Gasteiger partial charge in [0, 0.05) is 50.5 Å². The molecule has 0 bridgehead atoms. The van der Waals surface area contributed by atoms with Crippen LogP contribution in [0, 0.1) is 6.92 Å². The van der Waals surface area contributed by atoms with Crippen molar-refractivity contribution in [3.05, 3.63) is 95.1 Å². The summed E-state index contributed by atoms with van der Waals surface area (Å²) in [4.78, 5) is 17.5. The van der Waals surface area contributed by atoms with Gasteiger partial charge in [-0.15, -0.1) is 0 Å². The van der Waals surface area contributed by atoms with Crippen LogP contribution in [-0.4, -0.2) is 56.3 Å². The third-order valence-electron chi connectivity index (χ3n) is 6.73. The number of carbonyl (C=O) groups is 1. The Morgan fingerprint density at radius 1 is 0.824 bits per heavy atom. The lowest BCUT2D eigenvalue weighted by atomic mass is 10.1. The van der Waals surface area contributed by atoms with Gasteiger partial charge in [-0.3, -0.25) is 9.69 Å². The van der Waals surface area contributed by atoms with Gasteiger partial charge < -0.3 is 4.90 Å². The van der Waals surface area contributed by atoms with Gasteiger partial charge in [0.05, 0.1) is 4.90 Å². The van der Waals surface area contributed by atoms with Crippen molar-refractivity contribution in [3.63, 3.8) is 0 Å². The Hall–Kier alpha value is -3.00. The lowest BCUT2D eigenvalue weighted by Crippen LogP contribution is -2.48. The van der Waals surface area contributed by atoms with Gasteiger partial charge in [-0.05, 0) is 54.8 Å². The fraction of sp³-hybridized carbons (Fsp3) is 0.296. The highest BCUT2D eigenvalue weighted by Gasteiger charge is 2.29. The van der Waals surface area contributed by atoms with Crippen LogP contribution in [0.15, 0.2) is 77.7 Å². The first-order valence-corrected chi connectivity index (χ1v) is 13.1.